The number of ether oxygens (including phenoxy) is 3. The van der Waals surface area contributed by atoms with Gasteiger partial charge in [0, 0.05) is 6.04 Å². The average Bonchev–Trinajstić information content (AvgIpc) is 2.50. The van der Waals surface area contributed by atoms with Crippen molar-refractivity contribution in [3.63, 3.8) is 0 Å². The van der Waals surface area contributed by atoms with Gasteiger partial charge in [-0.1, -0.05) is 27.2 Å². The molecule has 1 N–H and O–H groups in total. The highest BCUT2D eigenvalue weighted by atomic mass is 16.5. The van der Waals surface area contributed by atoms with Crippen LogP contribution in [0.1, 0.15) is 38.8 Å². The Bertz CT molecular complexity index is 395. The molecule has 0 amide bonds. The molecule has 0 aromatic heterocycles. The summed E-state index contributed by atoms with van der Waals surface area (Å²) in [7, 11) is 4.91. The van der Waals surface area contributed by atoms with Crippen LogP contribution in [0.5, 0.6) is 17.2 Å². The van der Waals surface area contributed by atoms with Crippen molar-refractivity contribution in [1.82, 2.24) is 5.32 Å². The summed E-state index contributed by atoms with van der Waals surface area (Å²) in [5.74, 6) is 2.57. The van der Waals surface area contributed by atoms with E-state index in [0.29, 0.717) is 23.2 Å². The third kappa shape index (κ3) is 3.57. The summed E-state index contributed by atoms with van der Waals surface area (Å²) >= 11 is 0. The second kappa shape index (κ2) is 8.00. The first-order valence-corrected chi connectivity index (χ1v) is 7.16. The lowest BCUT2D eigenvalue weighted by Gasteiger charge is -2.26. The summed E-state index contributed by atoms with van der Waals surface area (Å²) in [4.78, 5) is 0. The third-order valence-electron chi connectivity index (χ3n) is 3.68. The fourth-order valence-electron chi connectivity index (χ4n) is 2.38. The zero-order valence-electron chi connectivity index (χ0n) is 13.4. The summed E-state index contributed by atoms with van der Waals surface area (Å²) in [6, 6.07) is 4.33. The predicted molar refractivity (Wildman–Crippen MR) is 82.0 cm³/mol. The van der Waals surface area contributed by atoms with Crippen LogP contribution in [0.15, 0.2) is 12.1 Å². The first-order valence-electron chi connectivity index (χ1n) is 7.16. The normalized spacial score (nSPS) is 13.7. The first kappa shape index (κ1) is 16.6. The Kier molecular flexibility index (Phi) is 6.65. The molecule has 20 heavy (non-hydrogen) atoms. The van der Waals surface area contributed by atoms with Gasteiger partial charge in [0.15, 0.2) is 11.5 Å². The fraction of sp³-hybridized carbons (Fsp3) is 0.625. The minimum absolute atomic E-state index is 0.277. The average molecular weight is 281 g/mol. The largest absolute Gasteiger partial charge is 0.493 e. The minimum Gasteiger partial charge on any atom is -0.493 e. The smallest absolute Gasteiger partial charge is 0.203 e. The van der Waals surface area contributed by atoms with E-state index >= 15 is 0 Å². The summed E-state index contributed by atoms with van der Waals surface area (Å²) in [5.41, 5.74) is 1.16. The van der Waals surface area contributed by atoms with Gasteiger partial charge in [0.25, 0.3) is 0 Å². The van der Waals surface area contributed by atoms with E-state index < -0.39 is 0 Å². The van der Waals surface area contributed by atoms with Crippen molar-refractivity contribution in [3.8, 4) is 17.2 Å². The van der Waals surface area contributed by atoms with Gasteiger partial charge in [0.1, 0.15) is 0 Å². The van der Waals surface area contributed by atoms with Gasteiger partial charge in [-0.3, -0.25) is 0 Å². The highest BCUT2D eigenvalue weighted by Gasteiger charge is 2.21. The van der Waals surface area contributed by atoms with Gasteiger partial charge in [-0.25, -0.2) is 0 Å². The number of rotatable bonds is 8. The van der Waals surface area contributed by atoms with Crippen molar-refractivity contribution in [2.45, 2.75) is 33.2 Å². The first-order chi connectivity index (χ1) is 9.62. The SMILES string of the molecule is CCNC(c1cc(OC)c(OC)c(OC)c1)C(C)CC. The number of benzene rings is 1. The van der Waals surface area contributed by atoms with Crippen LogP contribution >= 0.6 is 0 Å². The maximum Gasteiger partial charge on any atom is 0.203 e. The van der Waals surface area contributed by atoms with Crippen molar-refractivity contribution >= 4 is 0 Å². The molecule has 0 saturated carbocycles. The number of methoxy groups -OCH3 is 3. The van der Waals surface area contributed by atoms with Crippen LogP contribution in [0.2, 0.25) is 0 Å². The van der Waals surface area contributed by atoms with E-state index in [4.69, 9.17) is 14.2 Å². The molecule has 114 valence electrons. The summed E-state index contributed by atoms with van der Waals surface area (Å²) < 4.78 is 16.2. The van der Waals surface area contributed by atoms with Gasteiger partial charge < -0.3 is 19.5 Å². The fourth-order valence-corrected chi connectivity index (χ4v) is 2.38. The van der Waals surface area contributed by atoms with Gasteiger partial charge in [-0.15, -0.1) is 0 Å². The molecule has 2 atom stereocenters. The summed E-state index contributed by atoms with van der Waals surface area (Å²) in [5, 5.41) is 3.54. The molecule has 0 aliphatic carbocycles. The van der Waals surface area contributed by atoms with E-state index in [1.807, 2.05) is 12.1 Å². The van der Waals surface area contributed by atoms with Crippen LogP contribution in [0.25, 0.3) is 0 Å². The molecule has 1 aromatic rings. The highest BCUT2D eigenvalue weighted by molar-refractivity contribution is 5.54. The Morgan fingerprint density at radius 1 is 1.00 bits per heavy atom. The monoisotopic (exact) mass is 281 g/mol. The number of hydrogen-bond donors (Lipinski definition) is 1. The molecule has 2 unspecified atom stereocenters. The van der Waals surface area contributed by atoms with Crippen LogP contribution in [0, 0.1) is 5.92 Å². The Morgan fingerprint density at radius 2 is 1.55 bits per heavy atom. The lowest BCUT2D eigenvalue weighted by Crippen LogP contribution is -2.26. The van der Waals surface area contributed by atoms with Crippen molar-refractivity contribution in [2.24, 2.45) is 5.92 Å². The van der Waals surface area contributed by atoms with Gasteiger partial charge in [0.05, 0.1) is 21.3 Å². The van der Waals surface area contributed by atoms with Crippen molar-refractivity contribution < 1.29 is 14.2 Å². The molecule has 0 heterocycles. The Balaban J connectivity index is 3.28. The molecule has 1 aromatic carbocycles. The molecule has 0 fully saturated rings. The van der Waals surface area contributed by atoms with E-state index in [2.05, 4.69) is 26.1 Å². The zero-order chi connectivity index (χ0) is 15.1. The van der Waals surface area contributed by atoms with Gasteiger partial charge in [0.2, 0.25) is 5.75 Å². The lowest BCUT2D eigenvalue weighted by atomic mass is 9.92. The Labute approximate surface area is 122 Å². The second-order valence-corrected chi connectivity index (χ2v) is 4.88. The van der Waals surface area contributed by atoms with Crippen molar-refractivity contribution in [3.05, 3.63) is 17.7 Å². The van der Waals surface area contributed by atoms with Gasteiger partial charge in [-0.05, 0) is 30.2 Å². The quantitative estimate of drug-likeness (QED) is 0.792. The van der Waals surface area contributed by atoms with E-state index in [0.717, 1.165) is 18.5 Å². The Morgan fingerprint density at radius 3 is 1.90 bits per heavy atom. The van der Waals surface area contributed by atoms with E-state index in [1.54, 1.807) is 21.3 Å². The van der Waals surface area contributed by atoms with E-state index in [1.165, 1.54) is 0 Å². The van der Waals surface area contributed by atoms with Crippen LogP contribution in [0.3, 0.4) is 0 Å². The minimum atomic E-state index is 0.277. The highest BCUT2D eigenvalue weighted by Crippen LogP contribution is 2.41. The molecule has 0 aliphatic rings. The summed E-state index contributed by atoms with van der Waals surface area (Å²) in [6.07, 6.45) is 1.11. The molecular formula is C16H27NO3. The van der Waals surface area contributed by atoms with Gasteiger partial charge in [-0.2, -0.15) is 0 Å². The summed E-state index contributed by atoms with van der Waals surface area (Å²) in [6.45, 7) is 7.49. The van der Waals surface area contributed by atoms with Gasteiger partial charge >= 0.3 is 0 Å². The predicted octanol–water partition coefficient (Wildman–Crippen LogP) is 3.41. The Hall–Kier alpha value is -1.42. The van der Waals surface area contributed by atoms with Crippen LogP contribution in [-0.2, 0) is 0 Å². The second-order valence-electron chi connectivity index (χ2n) is 4.88. The molecule has 1 rings (SSSR count). The number of hydrogen-bond acceptors (Lipinski definition) is 4. The van der Waals surface area contributed by atoms with Crippen LogP contribution in [0.4, 0.5) is 0 Å². The molecule has 0 bridgehead atoms. The van der Waals surface area contributed by atoms with Crippen molar-refractivity contribution in [2.75, 3.05) is 27.9 Å². The molecule has 0 radical (unpaired) electrons. The molecule has 0 aliphatic heterocycles. The molecular weight excluding hydrogens is 254 g/mol. The molecule has 0 saturated heterocycles. The number of nitrogens with one attached hydrogen (secondary N) is 1. The van der Waals surface area contributed by atoms with Crippen molar-refractivity contribution in [1.29, 1.82) is 0 Å². The van der Waals surface area contributed by atoms with E-state index in [9.17, 15) is 0 Å². The lowest BCUT2D eigenvalue weighted by molar-refractivity contribution is 0.320. The third-order valence-corrected chi connectivity index (χ3v) is 3.68. The maximum atomic E-state index is 5.43. The standard InChI is InChI=1S/C16H27NO3/c1-7-11(3)15(17-8-2)12-9-13(18-4)16(20-6)14(10-12)19-5/h9-11,15,17H,7-8H2,1-6H3. The van der Waals surface area contributed by atoms with E-state index in [-0.39, 0.29) is 6.04 Å². The molecule has 0 spiro atoms. The van der Waals surface area contributed by atoms with Crippen LogP contribution < -0.4 is 19.5 Å². The zero-order valence-corrected chi connectivity index (χ0v) is 13.4. The molecule has 4 nitrogen and oxygen atoms in total. The maximum absolute atomic E-state index is 5.43. The topological polar surface area (TPSA) is 39.7 Å². The molecule has 4 heteroatoms. The van der Waals surface area contributed by atoms with Crippen LogP contribution in [-0.4, -0.2) is 27.9 Å².